The molecule has 0 atom stereocenters. The molecule has 0 aliphatic carbocycles. The molecule has 134 valence electrons. The van der Waals surface area contributed by atoms with Crippen molar-refractivity contribution in [3.63, 3.8) is 0 Å². The third-order valence-corrected chi connectivity index (χ3v) is 4.36. The highest BCUT2D eigenvalue weighted by molar-refractivity contribution is 5.79. The molecule has 24 heavy (non-hydrogen) atoms. The second kappa shape index (κ2) is 10.2. The third-order valence-electron chi connectivity index (χ3n) is 4.36. The van der Waals surface area contributed by atoms with Gasteiger partial charge in [-0.3, -0.25) is 4.99 Å². The van der Waals surface area contributed by atoms with Gasteiger partial charge in [0, 0.05) is 32.2 Å². The second-order valence-electron chi connectivity index (χ2n) is 6.30. The molecule has 1 aromatic rings. The van der Waals surface area contributed by atoms with E-state index in [0.29, 0.717) is 13.2 Å². The SMILES string of the molecule is CCOc1cc(C)ccc1CNC(=NC)NCCN1CCCCC1. The van der Waals surface area contributed by atoms with Crippen molar-refractivity contribution in [1.82, 2.24) is 15.5 Å². The molecule has 1 aromatic carbocycles. The van der Waals surface area contributed by atoms with Gasteiger partial charge in [-0.1, -0.05) is 18.6 Å². The molecule has 0 amide bonds. The molecular formula is C19H32N4O. The first-order chi connectivity index (χ1) is 11.7. The van der Waals surface area contributed by atoms with Gasteiger partial charge in [-0.05, 0) is 51.4 Å². The van der Waals surface area contributed by atoms with Crippen LogP contribution in [0.25, 0.3) is 0 Å². The molecule has 0 bridgehead atoms. The topological polar surface area (TPSA) is 48.9 Å². The van der Waals surface area contributed by atoms with Crippen LogP contribution in [0.5, 0.6) is 5.75 Å². The highest BCUT2D eigenvalue weighted by Gasteiger charge is 2.10. The average molecular weight is 332 g/mol. The van der Waals surface area contributed by atoms with Crippen LogP contribution in [-0.4, -0.2) is 50.7 Å². The van der Waals surface area contributed by atoms with Gasteiger partial charge in [0.15, 0.2) is 5.96 Å². The quantitative estimate of drug-likeness (QED) is 0.595. The minimum Gasteiger partial charge on any atom is -0.494 e. The highest BCUT2D eigenvalue weighted by atomic mass is 16.5. The number of rotatable bonds is 7. The van der Waals surface area contributed by atoms with Crippen molar-refractivity contribution in [3.8, 4) is 5.75 Å². The fourth-order valence-corrected chi connectivity index (χ4v) is 3.01. The van der Waals surface area contributed by atoms with Gasteiger partial charge in [0.1, 0.15) is 5.75 Å². The number of aryl methyl sites for hydroxylation is 1. The summed E-state index contributed by atoms with van der Waals surface area (Å²) in [6, 6.07) is 6.33. The summed E-state index contributed by atoms with van der Waals surface area (Å²) < 4.78 is 5.74. The van der Waals surface area contributed by atoms with Crippen molar-refractivity contribution in [2.45, 2.75) is 39.7 Å². The van der Waals surface area contributed by atoms with Gasteiger partial charge < -0.3 is 20.3 Å². The summed E-state index contributed by atoms with van der Waals surface area (Å²) in [5.74, 6) is 1.80. The Morgan fingerprint density at radius 1 is 1.21 bits per heavy atom. The number of aliphatic imine (C=N–C) groups is 1. The molecule has 1 saturated heterocycles. The molecule has 1 aliphatic rings. The summed E-state index contributed by atoms with van der Waals surface area (Å²) in [6.45, 7) is 9.95. The zero-order valence-corrected chi connectivity index (χ0v) is 15.4. The third kappa shape index (κ3) is 6.04. The normalized spacial score (nSPS) is 16.0. The van der Waals surface area contributed by atoms with E-state index in [4.69, 9.17) is 4.74 Å². The Kier molecular flexibility index (Phi) is 7.89. The lowest BCUT2D eigenvalue weighted by atomic mass is 10.1. The lowest BCUT2D eigenvalue weighted by Gasteiger charge is -2.26. The van der Waals surface area contributed by atoms with E-state index in [9.17, 15) is 0 Å². The molecule has 0 unspecified atom stereocenters. The zero-order valence-electron chi connectivity index (χ0n) is 15.4. The average Bonchev–Trinajstić information content (AvgIpc) is 2.60. The van der Waals surface area contributed by atoms with E-state index in [0.717, 1.165) is 30.4 Å². The molecular weight excluding hydrogens is 300 g/mol. The molecule has 1 heterocycles. The minimum atomic E-state index is 0.680. The van der Waals surface area contributed by atoms with Crippen LogP contribution in [0.2, 0.25) is 0 Å². The van der Waals surface area contributed by atoms with Crippen LogP contribution >= 0.6 is 0 Å². The van der Waals surface area contributed by atoms with Crippen LogP contribution in [0.15, 0.2) is 23.2 Å². The van der Waals surface area contributed by atoms with Crippen molar-refractivity contribution in [3.05, 3.63) is 29.3 Å². The number of hydrogen-bond donors (Lipinski definition) is 2. The Morgan fingerprint density at radius 3 is 2.71 bits per heavy atom. The maximum Gasteiger partial charge on any atom is 0.191 e. The molecule has 5 nitrogen and oxygen atoms in total. The Bertz CT molecular complexity index is 524. The standard InChI is InChI=1S/C19H32N4O/c1-4-24-18-14-16(2)8-9-17(18)15-22-19(20-3)21-10-13-23-11-6-5-7-12-23/h8-9,14H,4-7,10-13,15H2,1-3H3,(H2,20,21,22). The number of hydrogen-bond acceptors (Lipinski definition) is 3. The molecule has 0 aromatic heterocycles. The maximum atomic E-state index is 5.74. The van der Waals surface area contributed by atoms with Gasteiger partial charge in [0.25, 0.3) is 0 Å². The molecule has 0 saturated carbocycles. The highest BCUT2D eigenvalue weighted by Crippen LogP contribution is 2.20. The van der Waals surface area contributed by atoms with Gasteiger partial charge in [0.2, 0.25) is 0 Å². The van der Waals surface area contributed by atoms with Crippen LogP contribution in [0.1, 0.15) is 37.3 Å². The lowest BCUT2D eigenvalue weighted by Crippen LogP contribution is -2.42. The summed E-state index contributed by atoms with van der Waals surface area (Å²) in [4.78, 5) is 6.84. The molecule has 0 spiro atoms. The van der Waals surface area contributed by atoms with Gasteiger partial charge in [-0.15, -0.1) is 0 Å². The van der Waals surface area contributed by atoms with Crippen LogP contribution in [0.3, 0.4) is 0 Å². The van der Waals surface area contributed by atoms with Crippen molar-refractivity contribution < 1.29 is 4.74 Å². The second-order valence-corrected chi connectivity index (χ2v) is 6.30. The van der Waals surface area contributed by atoms with Crippen molar-refractivity contribution in [1.29, 1.82) is 0 Å². The molecule has 1 aliphatic heterocycles. The van der Waals surface area contributed by atoms with Gasteiger partial charge in [0.05, 0.1) is 6.61 Å². The summed E-state index contributed by atoms with van der Waals surface area (Å²) in [5.41, 5.74) is 2.37. The zero-order chi connectivity index (χ0) is 17.2. The first kappa shape index (κ1) is 18.6. The van der Waals surface area contributed by atoms with Crippen LogP contribution in [-0.2, 0) is 6.54 Å². The van der Waals surface area contributed by atoms with Gasteiger partial charge >= 0.3 is 0 Å². The minimum absolute atomic E-state index is 0.680. The van der Waals surface area contributed by atoms with E-state index in [1.165, 1.54) is 37.9 Å². The molecule has 0 radical (unpaired) electrons. The summed E-state index contributed by atoms with van der Waals surface area (Å²) >= 11 is 0. The molecule has 2 N–H and O–H groups in total. The van der Waals surface area contributed by atoms with Crippen LogP contribution < -0.4 is 15.4 Å². The number of likely N-dealkylation sites (tertiary alicyclic amines) is 1. The Hall–Kier alpha value is -1.75. The van der Waals surface area contributed by atoms with E-state index >= 15 is 0 Å². The number of nitrogens with zero attached hydrogens (tertiary/aromatic N) is 2. The number of benzene rings is 1. The van der Waals surface area contributed by atoms with Gasteiger partial charge in [-0.2, -0.15) is 0 Å². The van der Waals surface area contributed by atoms with E-state index in [1.807, 2.05) is 14.0 Å². The fourth-order valence-electron chi connectivity index (χ4n) is 3.01. The molecule has 1 fully saturated rings. The first-order valence-corrected chi connectivity index (χ1v) is 9.12. The Morgan fingerprint density at radius 2 is 2.00 bits per heavy atom. The smallest absolute Gasteiger partial charge is 0.191 e. The largest absolute Gasteiger partial charge is 0.494 e. The predicted molar refractivity (Wildman–Crippen MR) is 101 cm³/mol. The Balaban J connectivity index is 1.78. The fraction of sp³-hybridized carbons (Fsp3) is 0.632. The number of ether oxygens (including phenoxy) is 1. The van der Waals surface area contributed by atoms with E-state index < -0.39 is 0 Å². The van der Waals surface area contributed by atoms with Crippen LogP contribution in [0.4, 0.5) is 0 Å². The Labute approximate surface area is 146 Å². The van der Waals surface area contributed by atoms with Crippen molar-refractivity contribution in [2.24, 2.45) is 4.99 Å². The van der Waals surface area contributed by atoms with E-state index in [-0.39, 0.29) is 0 Å². The maximum absolute atomic E-state index is 5.74. The van der Waals surface area contributed by atoms with E-state index in [2.05, 4.69) is 45.6 Å². The molecule has 2 rings (SSSR count). The monoisotopic (exact) mass is 332 g/mol. The summed E-state index contributed by atoms with van der Waals surface area (Å²) in [7, 11) is 1.81. The number of nitrogens with one attached hydrogen (secondary N) is 2. The summed E-state index contributed by atoms with van der Waals surface area (Å²) in [6.07, 6.45) is 4.05. The number of piperidine rings is 1. The predicted octanol–water partition coefficient (Wildman–Crippen LogP) is 2.54. The first-order valence-electron chi connectivity index (χ1n) is 9.12. The van der Waals surface area contributed by atoms with Crippen LogP contribution in [0, 0.1) is 6.92 Å². The summed E-state index contributed by atoms with van der Waals surface area (Å²) in [5, 5.41) is 6.79. The van der Waals surface area contributed by atoms with Crippen molar-refractivity contribution in [2.75, 3.05) is 39.8 Å². The van der Waals surface area contributed by atoms with E-state index in [1.54, 1.807) is 0 Å². The lowest BCUT2D eigenvalue weighted by molar-refractivity contribution is 0.232. The van der Waals surface area contributed by atoms with Gasteiger partial charge in [-0.25, -0.2) is 0 Å². The molecule has 5 heteroatoms. The number of guanidine groups is 1. The van der Waals surface area contributed by atoms with Crippen molar-refractivity contribution >= 4 is 5.96 Å².